The summed E-state index contributed by atoms with van der Waals surface area (Å²) in [6, 6.07) is 18.4. The van der Waals surface area contributed by atoms with Gasteiger partial charge in [-0.2, -0.15) is 0 Å². The van der Waals surface area contributed by atoms with Gasteiger partial charge in [0.25, 0.3) is 5.56 Å². The summed E-state index contributed by atoms with van der Waals surface area (Å²) in [6.45, 7) is 4.56. The van der Waals surface area contributed by atoms with Crippen LogP contribution < -0.4 is 15.6 Å². The predicted octanol–water partition coefficient (Wildman–Crippen LogP) is 3.55. The van der Waals surface area contributed by atoms with E-state index in [4.69, 9.17) is 4.74 Å². The van der Waals surface area contributed by atoms with Crippen molar-refractivity contribution in [3.05, 3.63) is 76.8 Å². The van der Waals surface area contributed by atoms with Gasteiger partial charge in [0.15, 0.2) is 0 Å². The largest absolute Gasteiger partial charge is 0.492 e. The number of hydrogen-bond donors (Lipinski definition) is 1. The SMILES string of the molecule is CCc1nc(-c2ccccc2)cc(=O)n1CCOc1ccc(NC(C)C=O)cc1. The number of rotatable bonds is 9. The Labute approximate surface area is 170 Å². The molecule has 150 valence electrons. The number of nitrogens with one attached hydrogen (secondary N) is 1. The van der Waals surface area contributed by atoms with E-state index in [1.807, 2.05) is 61.5 Å². The first-order valence-corrected chi connectivity index (χ1v) is 9.71. The third-order valence-electron chi connectivity index (χ3n) is 4.51. The summed E-state index contributed by atoms with van der Waals surface area (Å²) in [6.07, 6.45) is 1.51. The number of anilines is 1. The number of ether oxygens (including phenoxy) is 1. The number of carbonyl (C=O) groups excluding carboxylic acids is 1. The van der Waals surface area contributed by atoms with E-state index in [2.05, 4.69) is 10.3 Å². The van der Waals surface area contributed by atoms with Crippen LogP contribution in [0.4, 0.5) is 5.69 Å². The molecule has 2 aromatic carbocycles. The number of benzene rings is 2. The Kier molecular flexibility index (Phi) is 6.79. The molecule has 0 saturated heterocycles. The number of hydrogen-bond acceptors (Lipinski definition) is 5. The van der Waals surface area contributed by atoms with Crippen molar-refractivity contribution in [3.8, 4) is 17.0 Å². The highest BCUT2D eigenvalue weighted by atomic mass is 16.5. The van der Waals surface area contributed by atoms with Gasteiger partial charge in [-0.25, -0.2) is 4.98 Å². The molecule has 1 aromatic heterocycles. The molecule has 1 N–H and O–H groups in total. The summed E-state index contributed by atoms with van der Waals surface area (Å²) in [5.41, 5.74) is 2.39. The Morgan fingerprint density at radius 1 is 1.14 bits per heavy atom. The normalized spacial score (nSPS) is 11.7. The van der Waals surface area contributed by atoms with Crippen LogP contribution in [0.15, 0.2) is 65.5 Å². The lowest BCUT2D eigenvalue weighted by atomic mass is 10.1. The quantitative estimate of drug-likeness (QED) is 0.565. The fourth-order valence-electron chi connectivity index (χ4n) is 3.02. The van der Waals surface area contributed by atoms with Gasteiger partial charge in [-0.3, -0.25) is 9.36 Å². The summed E-state index contributed by atoms with van der Waals surface area (Å²) in [5.74, 6) is 1.44. The van der Waals surface area contributed by atoms with E-state index in [-0.39, 0.29) is 11.6 Å². The van der Waals surface area contributed by atoms with Crippen molar-refractivity contribution in [3.63, 3.8) is 0 Å². The van der Waals surface area contributed by atoms with Crippen molar-refractivity contribution < 1.29 is 9.53 Å². The highest BCUT2D eigenvalue weighted by Gasteiger charge is 2.09. The first-order chi connectivity index (χ1) is 14.1. The zero-order chi connectivity index (χ0) is 20.6. The molecule has 0 aliphatic heterocycles. The van der Waals surface area contributed by atoms with Gasteiger partial charge >= 0.3 is 0 Å². The van der Waals surface area contributed by atoms with Crippen molar-refractivity contribution in [1.29, 1.82) is 0 Å². The third kappa shape index (κ3) is 5.31. The Hall–Kier alpha value is -3.41. The minimum atomic E-state index is -0.243. The Morgan fingerprint density at radius 3 is 2.52 bits per heavy atom. The summed E-state index contributed by atoms with van der Waals surface area (Å²) >= 11 is 0. The molecule has 0 saturated carbocycles. The number of aromatic nitrogens is 2. The van der Waals surface area contributed by atoms with Crippen LogP contribution in [-0.2, 0) is 17.8 Å². The molecule has 29 heavy (non-hydrogen) atoms. The van der Waals surface area contributed by atoms with Crippen molar-refractivity contribution in [2.75, 3.05) is 11.9 Å². The summed E-state index contributed by atoms with van der Waals surface area (Å²) in [5, 5.41) is 3.06. The Balaban J connectivity index is 1.66. The van der Waals surface area contributed by atoms with Crippen molar-refractivity contribution >= 4 is 12.0 Å². The molecule has 0 aliphatic rings. The van der Waals surface area contributed by atoms with Crippen LogP contribution in [0, 0.1) is 0 Å². The Morgan fingerprint density at radius 2 is 1.86 bits per heavy atom. The number of nitrogens with zero attached hydrogens (tertiary/aromatic N) is 2. The zero-order valence-electron chi connectivity index (χ0n) is 16.7. The van der Waals surface area contributed by atoms with Crippen LogP contribution in [0.1, 0.15) is 19.7 Å². The standard InChI is InChI=1S/C23H25N3O3/c1-3-22-25-21(18-7-5-4-6-8-18)15-23(28)26(22)13-14-29-20-11-9-19(10-12-20)24-17(2)16-27/h4-12,15-17,24H,3,13-14H2,1-2H3. The van der Waals surface area contributed by atoms with Gasteiger partial charge in [-0.15, -0.1) is 0 Å². The highest BCUT2D eigenvalue weighted by Crippen LogP contribution is 2.17. The van der Waals surface area contributed by atoms with Crippen LogP contribution in [0.25, 0.3) is 11.3 Å². The van der Waals surface area contributed by atoms with E-state index in [0.29, 0.717) is 31.0 Å². The van der Waals surface area contributed by atoms with Crippen molar-refractivity contribution in [2.45, 2.75) is 32.9 Å². The zero-order valence-corrected chi connectivity index (χ0v) is 16.7. The number of aryl methyl sites for hydroxylation is 1. The van der Waals surface area contributed by atoms with Crippen LogP contribution in [0.3, 0.4) is 0 Å². The lowest BCUT2D eigenvalue weighted by Gasteiger charge is -2.14. The first-order valence-electron chi connectivity index (χ1n) is 9.71. The van der Waals surface area contributed by atoms with Gasteiger partial charge in [-0.1, -0.05) is 37.3 Å². The fraction of sp³-hybridized carbons (Fsp3) is 0.261. The van der Waals surface area contributed by atoms with E-state index < -0.39 is 0 Å². The maximum absolute atomic E-state index is 12.6. The van der Waals surface area contributed by atoms with E-state index in [9.17, 15) is 9.59 Å². The summed E-state index contributed by atoms with van der Waals surface area (Å²) in [7, 11) is 0. The second-order valence-electron chi connectivity index (χ2n) is 6.71. The lowest BCUT2D eigenvalue weighted by Crippen LogP contribution is -2.27. The van der Waals surface area contributed by atoms with Gasteiger partial charge in [-0.05, 0) is 31.2 Å². The van der Waals surface area contributed by atoms with Crippen molar-refractivity contribution in [1.82, 2.24) is 9.55 Å². The van der Waals surface area contributed by atoms with E-state index in [0.717, 1.165) is 23.4 Å². The molecular weight excluding hydrogens is 366 g/mol. The first kappa shape index (κ1) is 20.3. The van der Waals surface area contributed by atoms with Crippen LogP contribution in [-0.4, -0.2) is 28.5 Å². The molecule has 3 aromatic rings. The van der Waals surface area contributed by atoms with Crippen LogP contribution >= 0.6 is 0 Å². The second-order valence-corrected chi connectivity index (χ2v) is 6.71. The van der Waals surface area contributed by atoms with Gasteiger partial charge in [0.1, 0.15) is 24.5 Å². The van der Waals surface area contributed by atoms with E-state index in [1.54, 1.807) is 17.6 Å². The summed E-state index contributed by atoms with van der Waals surface area (Å²) < 4.78 is 7.44. The Bertz CT molecular complexity index is 998. The van der Waals surface area contributed by atoms with Crippen molar-refractivity contribution in [2.24, 2.45) is 0 Å². The number of carbonyl (C=O) groups is 1. The van der Waals surface area contributed by atoms with Gasteiger partial charge < -0.3 is 14.8 Å². The molecule has 6 heteroatoms. The molecule has 0 spiro atoms. The molecule has 0 bridgehead atoms. The average molecular weight is 391 g/mol. The van der Waals surface area contributed by atoms with Crippen LogP contribution in [0.2, 0.25) is 0 Å². The van der Waals surface area contributed by atoms with Gasteiger partial charge in [0, 0.05) is 23.7 Å². The molecule has 1 heterocycles. The smallest absolute Gasteiger partial charge is 0.254 e. The molecule has 3 rings (SSSR count). The lowest BCUT2D eigenvalue weighted by molar-refractivity contribution is -0.108. The van der Waals surface area contributed by atoms with Crippen LogP contribution in [0.5, 0.6) is 5.75 Å². The topological polar surface area (TPSA) is 73.2 Å². The molecule has 0 amide bonds. The van der Waals surface area contributed by atoms with E-state index in [1.165, 1.54) is 0 Å². The second kappa shape index (κ2) is 9.68. The van der Waals surface area contributed by atoms with E-state index >= 15 is 0 Å². The molecule has 1 atom stereocenters. The third-order valence-corrected chi connectivity index (χ3v) is 4.51. The fourth-order valence-corrected chi connectivity index (χ4v) is 3.02. The summed E-state index contributed by atoms with van der Waals surface area (Å²) in [4.78, 5) is 28.0. The molecule has 0 radical (unpaired) electrons. The molecule has 0 fully saturated rings. The van der Waals surface area contributed by atoms with Gasteiger partial charge in [0.05, 0.1) is 18.3 Å². The molecule has 1 unspecified atom stereocenters. The number of aldehydes is 1. The van der Waals surface area contributed by atoms with Gasteiger partial charge in [0.2, 0.25) is 0 Å². The monoisotopic (exact) mass is 391 g/mol. The molecular formula is C23H25N3O3. The molecule has 0 aliphatic carbocycles. The maximum Gasteiger partial charge on any atom is 0.254 e. The predicted molar refractivity (Wildman–Crippen MR) is 114 cm³/mol. The molecule has 6 nitrogen and oxygen atoms in total. The maximum atomic E-state index is 12.6. The minimum Gasteiger partial charge on any atom is -0.492 e. The minimum absolute atomic E-state index is 0.0818. The average Bonchev–Trinajstić information content (AvgIpc) is 2.76. The highest BCUT2D eigenvalue weighted by molar-refractivity contribution is 5.64.